The fraction of sp³-hybridized carbons (Fsp3) is 0.222. The summed E-state index contributed by atoms with van der Waals surface area (Å²) in [6.07, 6.45) is 0.862. The standard InChI is InChI=1S/C18H17NO3S.ClH/c1-19-10-9-18-16(12-19)15-11-14(7-8-17(15)22-18)23(20,21)13-5-3-2-4-6-13;/h2-8,11H,9-10,12H2,1H3;1H. The highest BCUT2D eigenvalue weighted by Gasteiger charge is 2.23. The number of likely N-dealkylation sites (N-methyl/N-ethyl adjacent to an activating group) is 1. The van der Waals surface area contributed by atoms with Crippen LogP contribution in [0.4, 0.5) is 0 Å². The summed E-state index contributed by atoms with van der Waals surface area (Å²) in [5, 5.41) is 0.906. The number of halogens is 1. The second-order valence-corrected chi connectivity index (χ2v) is 7.92. The van der Waals surface area contributed by atoms with E-state index in [-0.39, 0.29) is 12.4 Å². The van der Waals surface area contributed by atoms with E-state index in [9.17, 15) is 8.42 Å². The van der Waals surface area contributed by atoms with Crippen molar-refractivity contribution in [1.29, 1.82) is 0 Å². The summed E-state index contributed by atoms with van der Waals surface area (Å²) >= 11 is 0. The third-order valence-electron chi connectivity index (χ3n) is 4.36. The number of nitrogens with zero attached hydrogens (tertiary/aromatic N) is 1. The van der Waals surface area contributed by atoms with Gasteiger partial charge in [0.25, 0.3) is 0 Å². The lowest BCUT2D eigenvalue weighted by Crippen LogP contribution is -2.25. The van der Waals surface area contributed by atoms with E-state index < -0.39 is 9.84 Å². The molecule has 4 rings (SSSR count). The Bertz CT molecular complexity index is 980. The number of hydrogen-bond donors (Lipinski definition) is 0. The molecule has 0 spiro atoms. The SMILES string of the molecule is CN1CCc2oc3ccc(S(=O)(=O)c4ccccc4)cc3c2C1.Cl. The molecule has 126 valence electrons. The lowest BCUT2D eigenvalue weighted by molar-refractivity contribution is 0.296. The molecule has 0 atom stereocenters. The number of benzene rings is 2. The van der Waals surface area contributed by atoms with E-state index in [1.807, 2.05) is 6.07 Å². The Kier molecular flexibility index (Phi) is 4.42. The number of furan rings is 1. The van der Waals surface area contributed by atoms with E-state index in [4.69, 9.17) is 4.42 Å². The van der Waals surface area contributed by atoms with Crippen LogP contribution in [0, 0.1) is 0 Å². The first-order valence-corrected chi connectivity index (χ1v) is 9.07. The maximum absolute atomic E-state index is 12.8. The first kappa shape index (κ1) is 17.0. The van der Waals surface area contributed by atoms with Crippen molar-refractivity contribution in [3.05, 3.63) is 59.9 Å². The van der Waals surface area contributed by atoms with Gasteiger partial charge in [-0.2, -0.15) is 0 Å². The molecule has 0 unspecified atom stereocenters. The van der Waals surface area contributed by atoms with Crippen molar-refractivity contribution in [2.24, 2.45) is 0 Å². The molecule has 0 saturated heterocycles. The van der Waals surface area contributed by atoms with Gasteiger partial charge in [-0.05, 0) is 37.4 Å². The number of fused-ring (bicyclic) bond motifs is 3. The van der Waals surface area contributed by atoms with Crippen LogP contribution in [0.5, 0.6) is 0 Å². The molecule has 24 heavy (non-hydrogen) atoms. The number of rotatable bonds is 2. The second-order valence-electron chi connectivity index (χ2n) is 5.97. The molecular formula is C18H18ClNO3S. The smallest absolute Gasteiger partial charge is 0.206 e. The molecule has 0 amide bonds. The van der Waals surface area contributed by atoms with Gasteiger partial charge < -0.3 is 9.32 Å². The normalized spacial score (nSPS) is 15.0. The zero-order valence-corrected chi connectivity index (χ0v) is 14.9. The molecule has 2 heterocycles. The van der Waals surface area contributed by atoms with Crippen molar-refractivity contribution in [1.82, 2.24) is 4.90 Å². The van der Waals surface area contributed by atoms with Crippen LogP contribution < -0.4 is 0 Å². The average molecular weight is 364 g/mol. The van der Waals surface area contributed by atoms with Gasteiger partial charge in [-0.1, -0.05) is 18.2 Å². The fourth-order valence-electron chi connectivity index (χ4n) is 3.10. The Labute approximate surface area is 147 Å². The maximum atomic E-state index is 12.8. The van der Waals surface area contributed by atoms with E-state index in [0.29, 0.717) is 9.79 Å². The van der Waals surface area contributed by atoms with Gasteiger partial charge in [0.2, 0.25) is 9.84 Å². The summed E-state index contributed by atoms with van der Waals surface area (Å²) < 4.78 is 31.5. The van der Waals surface area contributed by atoms with Crippen molar-refractivity contribution in [3.63, 3.8) is 0 Å². The molecule has 0 saturated carbocycles. The highest BCUT2D eigenvalue weighted by atomic mass is 35.5. The van der Waals surface area contributed by atoms with Gasteiger partial charge in [0.15, 0.2) is 0 Å². The topological polar surface area (TPSA) is 50.5 Å². The van der Waals surface area contributed by atoms with Gasteiger partial charge in [0.05, 0.1) is 9.79 Å². The Balaban J connectivity index is 0.00000169. The van der Waals surface area contributed by atoms with Gasteiger partial charge in [-0.3, -0.25) is 0 Å². The monoisotopic (exact) mass is 363 g/mol. The Morgan fingerprint density at radius 1 is 1.04 bits per heavy atom. The average Bonchev–Trinajstić information content (AvgIpc) is 2.93. The molecule has 0 N–H and O–H groups in total. The molecule has 0 aliphatic carbocycles. The van der Waals surface area contributed by atoms with Gasteiger partial charge >= 0.3 is 0 Å². The predicted molar refractivity (Wildman–Crippen MR) is 95.4 cm³/mol. The molecule has 1 aliphatic rings. The van der Waals surface area contributed by atoms with Crippen LogP contribution in [0.25, 0.3) is 11.0 Å². The molecule has 1 aromatic heterocycles. The summed E-state index contributed by atoms with van der Waals surface area (Å²) in [6, 6.07) is 13.7. The van der Waals surface area contributed by atoms with Crippen molar-refractivity contribution in [2.45, 2.75) is 22.8 Å². The Morgan fingerprint density at radius 3 is 2.54 bits per heavy atom. The van der Waals surface area contributed by atoms with Crippen molar-refractivity contribution in [3.8, 4) is 0 Å². The lowest BCUT2D eigenvalue weighted by Gasteiger charge is -2.21. The van der Waals surface area contributed by atoms with E-state index in [1.54, 1.807) is 42.5 Å². The van der Waals surface area contributed by atoms with Gasteiger partial charge in [-0.25, -0.2) is 8.42 Å². The minimum atomic E-state index is -3.50. The Hall–Kier alpha value is -1.82. The molecule has 0 fully saturated rings. The van der Waals surface area contributed by atoms with E-state index in [1.165, 1.54) is 0 Å². The minimum absolute atomic E-state index is 0. The summed E-state index contributed by atoms with van der Waals surface area (Å²) in [5.74, 6) is 0.979. The summed E-state index contributed by atoms with van der Waals surface area (Å²) in [5.41, 5.74) is 1.87. The molecule has 0 bridgehead atoms. The third kappa shape index (κ3) is 2.73. The maximum Gasteiger partial charge on any atom is 0.206 e. The van der Waals surface area contributed by atoms with Crippen LogP contribution in [-0.2, 0) is 22.8 Å². The molecule has 3 aromatic rings. The van der Waals surface area contributed by atoms with Crippen molar-refractivity contribution >= 4 is 33.2 Å². The van der Waals surface area contributed by atoms with E-state index in [2.05, 4.69) is 11.9 Å². The van der Waals surface area contributed by atoms with Crippen LogP contribution in [-0.4, -0.2) is 26.9 Å². The highest BCUT2D eigenvalue weighted by molar-refractivity contribution is 7.91. The van der Waals surface area contributed by atoms with Gasteiger partial charge in [0, 0.05) is 30.5 Å². The third-order valence-corrected chi connectivity index (χ3v) is 6.13. The van der Waals surface area contributed by atoms with Crippen LogP contribution in [0.1, 0.15) is 11.3 Å². The second kappa shape index (κ2) is 6.24. The first-order valence-electron chi connectivity index (χ1n) is 7.59. The van der Waals surface area contributed by atoms with E-state index >= 15 is 0 Å². The predicted octanol–water partition coefficient (Wildman–Crippen LogP) is 3.68. The van der Waals surface area contributed by atoms with Crippen LogP contribution >= 0.6 is 12.4 Å². The summed E-state index contributed by atoms with van der Waals surface area (Å²) in [6.45, 7) is 1.75. The molecule has 2 aromatic carbocycles. The minimum Gasteiger partial charge on any atom is -0.461 e. The highest BCUT2D eigenvalue weighted by Crippen LogP contribution is 2.33. The number of sulfone groups is 1. The molecule has 4 nitrogen and oxygen atoms in total. The summed E-state index contributed by atoms with van der Waals surface area (Å²) in [7, 11) is -1.44. The van der Waals surface area contributed by atoms with Crippen LogP contribution in [0.3, 0.4) is 0 Å². The van der Waals surface area contributed by atoms with Gasteiger partial charge in [0.1, 0.15) is 11.3 Å². The zero-order valence-electron chi connectivity index (χ0n) is 13.2. The number of hydrogen-bond acceptors (Lipinski definition) is 4. The zero-order chi connectivity index (χ0) is 16.0. The van der Waals surface area contributed by atoms with Crippen molar-refractivity contribution < 1.29 is 12.8 Å². The quantitative estimate of drug-likeness (QED) is 0.697. The first-order chi connectivity index (χ1) is 11.1. The van der Waals surface area contributed by atoms with Crippen LogP contribution in [0.15, 0.2) is 62.7 Å². The van der Waals surface area contributed by atoms with E-state index in [0.717, 1.165) is 41.8 Å². The van der Waals surface area contributed by atoms with Crippen LogP contribution in [0.2, 0.25) is 0 Å². The molecular weight excluding hydrogens is 346 g/mol. The Morgan fingerprint density at radius 2 is 1.79 bits per heavy atom. The largest absolute Gasteiger partial charge is 0.461 e. The molecule has 1 aliphatic heterocycles. The van der Waals surface area contributed by atoms with Crippen molar-refractivity contribution in [2.75, 3.05) is 13.6 Å². The fourth-order valence-corrected chi connectivity index (χ4v) is 4.41. The summed E-state index contributed by atoms with van der Waals surface area (Å²) in [4.78, 5) is 2.84. The molecule has 0 radical (unpaired) electrons. The lowest BCUT2D eigenvalue weighted by atomic mass is 10.1. The van der Waals surface area contributed by atoms with Gasteiger partial charge in [-0.15, -0.1) is 12.4 Å². The molecule has 6 heteroatoms.